The molecule has 0 radical (unpaired) electrons. The zero-order valence-corrected chi connectivity index (χ0v) is 14.2. The highest BCUT2D eigenvalue weighted by molar-refractivity contribution is 5.97. The van der Waals surface area contributed by atoms with Gasteiger partial charge in [0.25, 0.3) is 5.91 Å². The topological polar surface area (TPSA) is 58.2 Å². The molecule has 0 spiro atoms. The fourth-order valence-corrected chi connectivity index (χ4v) is 2.23. The van der Waals surface area contributed by atoms with Gasteiger partial charge in [0, 0.05) is 12.1 Å². The molecule has 0 aliphatic carbocycles. The molecule has 0 heterocycles. The van der Waals surface area contributed by atoms with Crippen LogP contribution in [0.1, 0.15) is 56.8 Å². The summed E-state index contributed by atoms with van der Waals surface area (Å²) in [6.45, 7) is 6.52. The van der Waals surface area contributed by atoms with Crippen molar-refractivity contribution in [2.75, 3.05) is 6.54 Å². The summed E-state index contributed by atoms with van der Waals surface area (Å²) in [5, 5.41) is 5.61. The van der Waals surface area contributed by atoms with Crippen molar-refractivity contribution < 1.29 is 14.0 Å². The quantitative estimate of drug-likeness (QED) is 0.686. The van der Waals surface area contributed by atoms with Crippen LogP contribution in [0.5, 0.6) is 0 Å². The average molecular weight is 322 g/mol. The maximum Gasteiger partial charge on any atom is 0.251 e. The molecule has 0 saturated carbocycles. The van der Waals surface area contributed by atoms with Gasteiger partial charge in [-0.1, -0.05) is 40.0 Å². The van der Waals surface area contributed by atoms with E-state index in [0.717, 1.165) is 25.7 Å². The van der Waals surface area contributed by atoms with Crippen LogP contribution in [0.15, 0.2) is 24.3 Å². The van der Waals surface area contributed by atoms with Crippen LogP contribution in [-0.4, -0.2) is 24.4 Å². The predicted molar refractivity (Wildman–Crippen MR) is 89.6 cm³/mol. The number of unbranched alkanes of at least 4 members (excludes halogenated alkanes) is 3. The lowest BCUT2D eigenvalue weighted by atomic mass is 10.0. The van der Waals surface area contributed by atoms with Gasteiger partial charge in [-0.15, -0.1) is 0 Å². The Morgan fingerprint density at radius 2 is 1.74 bits per heavy atom. The molecule has 0 bridgehead atoms. The first kappa shape index (κ1) is 19.1. The second-order valence-corrected chi connectivity index (χ2v) is 6.05. The van der Waals surface area contributed by atoms with E-state index in [-0.39, 0.29) is 17.7 Å². The molecule has 2 amide bonds. The summed E-state index contributed by atoms with van der Waals surface area (Å²) in [6, 6.07) is 4.68. The Morgan fingerprint density at radius 3 is 2.30 bits per heavy atom. The first-order chi connectivity index (χ1) is 11.0. The zero-order chi connectivity index (χ0) is 17.2. The van der Waals surface area contributed by atoms with Gasteiger partial charge in [-0.25, -0.2) is 4.39 Å². The molecule has 1 aromatic rings. The predicted octanol–water partition coefficient (Wildman–Crippen LogP) is 3.28. The summed E-state index contributed by atoms with van der Waals surface area (Å²) >= 11 is 0. The lowest BCUT2D eigenvalue weighted by Gasteiger charge is -2.21. The van der Waals surface area contributed by atoms with E-state index in [2.05, 4.69) is 17.6 Å². The molecule has 0 aromatic heterocycles. The van der Waals surface area contributed by atoms with E-state index in [1.807, 2.05) is 13.8 Å². The SMILES string of the molecule is CCCCCCNC(=O)C(NC(=O)c1ccc(F)cc1)C(C)C. The largest absolute Gasteiger partial charge is 0.354 e. The van der Waals surface area contributed by atoms with Crippen LogP contribution in [-0.2, 0) is 4.79 Å². The first-order valence-electron chi connectivity index (χ1n) is 8.29. The van der Waals surface area contributed by atoms with Crippen LogP contribution in [0.25, 0.3) is 0 Å². The van der Waals surface area contributed by atoms with E-state index in [1.54, 1.807) is 0 Å². The van der Waals surface area contributed by atoms with Gasteiger partial charge in [0.1, 0.15) is 11.9 Å². The van der Waals surface area contributed by atoms with Gasteiger partial charge >= 0.3 is 0 Å². The molecular weight excluding hydrogens is 295 g/mol. The van der Waals surface area contributed by atoms with Crippen molar-refractivity contribution >= 4 is 11.8 Å². The van der Waals surface area contributed by atoms with Crippen molar-refractivity contribution in [3.8, 4) is 0 Å². The van der Waals surface area contributed by atoms with Gasteiger partial charge in [-0.3, -0.25) is 9.59 Å². The monoisotopic (exact) mass is 322 g/mol. The minimum absolute atomic E-state index is 0.0324. The van der Waals surface area contributed by atoms with Crippen LogP contribution >= 0.6 is 0 Å². The van der Waals surface area contributed by atoms with E-state index in [9.17, 15) is 14.0 Å². The molecule has 128 valence electrons. The molecular formula is C18H27FN2O2. The Labute approximate surface area is 137 Å². The number of nitrogens with one attached hydrogen (secondary N) is 2. The minimum Gasteiger partial charge on any atom is -0.354 e. The molecule has 0 fully saturated rings. The number of carbonyl (C=O) groups is 2. The fourth-order valence-electron chi connectivity index (χ4n) is 2.23. The molecule has 1 rings (SSSR count). The van der Waals surface area contributed by atoms with Crippen molar-refractivity contribution in [1.82, 2.24) is 10.6 Å². The summed E-state index contributed by atoms with van der Waals surface area (Å²) in [7, 11) is 0. The van der Waals surface area contributed by atoms with E-state index in [1.165, 1.54) is 24.3 Å². The van der Waals surface area contributed by atoms with E-state index in [4.69, 9.17) is 0 Å². The lowest BCUT2D eigenvalue weighted by Crippen LogP contribution is -2.49. The lowest BCUT2D eigenvalue weighted by molar-refractivity contribution is -0.123. The molecule has 1 unspecified atom stereocenters. The Balaban J connectivity index is 2.55. The van der Waals surface area contributed by atoms with Crippen LogP contribution < -0.4 is 10.6 Å². The molecule has 2 N–H and O–H groups in total. The number of halogens is 1. The molecule has 0 aliphatic heterocycles. The third-order valence-electron chi connectivity index (χ3n) is 3.67. The van der Waals surface area contributed by atoms with Crippen molar-refractivity contribution in [1.29, 1.82) is 0 Å². The van der Waals surface area contributed by atoms with Gasteiger partial charge in [-0.2, -0.15) is 0 Å². The number of amides is 2. The Hall–Kier alpha value is -1.91. The number of benzene rings is 1. The number of carbonyl (C=O) groups excluding carboxylic acids is 2. The molecule has 1 aromatic carbocycles. The van der Waals surface area contributed by atoms with Gasteiger partial charge in [-0.05, 0) is 36.6 Å². The second kappa shape index (κ2) is 9.98. The summed E-state index contributed by atoms with van der Waals surface area (Å²) < 4.78 is 12.9. The maximum atomic E-state index is 12.9. The molecule has 5 heteroatoms. The van der Waals surface area contributed by atoms with Crippen LogP contribution in [0.3, 0.4) is 0 Å². The van der Waals surface area contributed by atoms with Crippen molar-refractivity contribution in [2.45, 2.75) is 52.5 Å². The molecule has 1 atom stereocenters. The second-order valence-electron chi connectivity index (χ2n) is 6.05. The molecule has 4 nitrogen and oxygen atoms in total. The number of rotatable bonds is 9. The van der Waals surface area contributed by atoms with Crippen LogP contribution in [0, 0.1) is 11.7 Å². The van der Waals surface area contributed by atoms with Crippen molar-refractivity contribution in [3.63, 3.8) is 0 Å². The van der Waals surface area contributed by atoms with E-state index in [0.29, 0.717) is 12.1 Å². The van der Waals surface area contributed by atoms with Crippen LogP contribution in [0.4, 0.5) is 4.39 Å². The highest BCUT2D eigenvalue weighted by atomic mass is 19.1. The third kappa shape index (κ3) is 6.80. The van der Waals surface area contributed by atoms with E-state index >= 15 is 0 Å². The molecule has 0 saturated heterocycles. The molecule has 0 aliphatic rings. The Bertz CT molecular complexity index is 500. The minimum atomic E-state index is -0.598. The summed E-state index contributed by atoms with van der Waals surface area (Å²) in [5.41, 5.74) is 0.341. The molecule has 23 heavy (non-hydrogen) atoms. The third-order valence-corrected chi connectivity index (χ3v) is 3.67. The fraction of sp³-hybridized carbons (Fsp3) is 0.556. The average Bonchev–Trinajstić information content (AvgIpc) is 2.52. The van der Waals surface area contributed by atoms with E-state index < -0.39 is 11.9 Å². The van der Waals surface area contributed by atoms with Gasteiger partial charge < -0.3 is 10.6 Å². The van der Waals surface area contributed by atoms with Gasteiger partial charge in [0.15, 0.2) is 0 Å². The van der Waals surface area contributed by atoms with Gasteiger partial charge in [0.2, 0.25) is 5.91 Å². The normalized spacial score (nSPS) is 12.0. The van der Waals surface area contributed by atoms with Crippen LogP contribution in [0.2, 0.25) is 0 Å². The maximum absolute atomic E-state index is 12.9. The number of hydrogen-bond acceptors (Lipinski definition) is 2. The Kier molecular flexibility index (Phi) is 8.30. The highest BCUT2D eigenvalue weighted by Gasteiger charge is 2.24. The smallest absolute Gasteiger partial charge is 0.251 e. The zero-order valence-electron chi connectivity index (χ0n) is 14.2. The first-order valence-corrected chi connectivity index (χ1v) is 8.29. The summed E-state index contributed by atoms with van der Waals surface area (Å²) in [5.74, 6) is -0.974. The standard InChI is InChI=1S/C18H27FN2O2/c1-4-5-6-7-12-20-18(23)16(13(2)3)21-17(22)14-8-10-15(19)11-9-14/h8-11,13,16H,4-7,12H2,1-3H3,(H,20,23)(H,21,22). The highest BCUT2D eigenvalue weighted by Crippen LogP contribution is 2.07. The summed E-state index contributed by atoms with van der Waals surface area (Å²) in [6.07, 6.45) is 4.34. The summed E-state index contributed by atoms with van der Waals surface area (Å²) in [4.78, 5) is 24.4. The van der Waals surface area contributed by atoms with Crippen molar-refractivity contribution in [2.24, 2.45) is 5.92 Å². The van der Waals surface area contributed by atoms with Gasteiger partial charge in [0.05, 0.1) is 0 Å². The Morgan fingerprint density at radius 1 is 1.09 bits per heavy atom. The number of hydrogen-bond donors (Lipinski definition) is 2. The van der Waals surface area contributed by atoms with Crippen molar-refractivity contribution in [3.05, 3.63) is 35.6 Å².